The highest BCUT2D eigenvalue weighted by Crippen LogP contribution is 2.82. The molecule has 1 spiro atoms. The summed E-state index contributed by atoms with van der Waals surface area (Å²) in [5.41, 5.74) is -0.571. The smallest absolute Gasteiger partial charge is 0.334 e. The van der Waals surface area contributed by atoms with Crippen molar-refractivity contribution in [2.24, 2.45) is 28.6 Å². The molecule has 49 heavy (non-hydrogen) atoms. The molecule has 7 rings (SSSR count). The van der Waals surface area contributed by atoms with Gasteiger partial charge in [0, 0.05) is 22.3 Å². The van der Waals surface area contributed by atoms with Gasteiger partial charge in [-0.3, -0.25) is 14.4 Å². The summed E-state index contributed by atoms with van der Waals surface area (Å²) in [6.45, 7) is 9.22. The molecule has 3 aliphatic carbocycles. The molecular formula is C34H49N3O12. The zero-order chi connectivity index (χ0) is 35.3. The second kappa shape index (κ2) is 12.0. The number of nitrogens with one attached hydrogen (secondary N) is 3. The molecule has 2 saturated carbocycles. The Labute approximate surface area is 284 Å². The summed E-state index contributed by atoms with van der Waals surface area (Å²) in [6, 6.07) is -0.778. The van der Waals surface area contributed by atoms with Gasteiger partial charge in [-0.05, 0) is 50.5 Å². The third-order valence-corrected chi connectivity index (χ3v) is 13.2. The van der Waals surface area contributed by atoms with Gasteiger partial charge in [0.15, 0.2) is 0 Å². The molecular weight excluding hydrogens is 642 g/mol. The maximum Gasteiger partial charge on any atom is 0.334 e. The number of rotatable bonds is 10. The lowest BCUT2D eigenvalue weighted by Crippen LogP contribution is -2.73. The van der Waals surface area contributed by atoms with Crippen molar-refractivity contribution < 1.29 is 58.2 Å². The van der Waals surface area contributed by atoms with E-state index in [9.17, 15) is 34.5 Å². The fraction of sp³-hybridized carbons (Fsp3) is 0.824. The molecule has 15 nitrogen and oxygen atoms in total. The predicted molar refractivity (Wildman–Crippen MR) is 167 cm³/mol. The summed E-state index contributed by atoms with van der Waals surface area (Å²) < 4.78 is 30.8. The normalized spacial score (nSPS) is 46.0. The third kappa shape index (κ3) is 4.94. The second-order valence-corrected chi connectivity index (χ2v) is 15.7. The lowest BCUT2D eigenvalue weighted by atomic mass is 9.49. The van der Waals surface area contributed by atoms with E-state index in [1.807, 2.05) is 6.92 Å². The number of aliphatic hydroxyl groups excluding tert-OH is 3. The molecule has 0 radical (unpaired) electrons. The van der Waals surface area contributed by atoms with E-state index in [1.165, 1.54) is 0 Å². The van der Waals surface area contributed by atoms with Crippen LogP contribution in [0.1, 0.15) is 53.9 Å². The Kier molecular flexibility index (Phi) is 8.49. The van der Waals surface area contributed by atoms with Crippen molar-refractivity contribution in [2.45, 2.75) is 108 Å². The van der Waals surface area contributed by atoms with E-state index in [-0.39, 0.29) is 53.8 Å². The summed E-state index contributed by atoms with van der Waals surface area (Å²) in [5, 5.41) is 37.6. The topological polar surface area (TPSA) is 215 Å². The molecule has 5 fully saturated rings. The van der Waals surface area contributed by atoms with E-state index in [0.717, 1.165) is 24.0 Å². The summed E-state index contributed by atoms with van der Waals surface area (Å²) in [5.74, 6) is -1.68. The van der Waals surface area contributed by atoms with Crippen LogP contribution in [0.2, 0.25) is 0 Å². The van der Waals surface area contributed by atoms with Crippen molar-refractivity contribution >= 4 is 23.8 Å². The van der Waals surface area contributed by atoms with Crippen LogP contribution in [-0.2, 0) is 42.9 Å². The van der Waals surface area contributed by atoms with Crippen molar-refractivity contribution in [1.29, 1.82) is 0 Å². The molecule has 6 N–H and O–H groups in total. The molecule has 3 saturated heterocycles. The van der Waals surface area contributed by atoms with Crippen LogP contribution < -0.4 is 16.0 Å². The molecule has 13 atom stereocenters. The van der Waals surface area contributed by atoms with Gasteiger partial charge in [-0.25, -0.2) is 4.79 Å². The number of amides is 2. The SMILES string of the molecule is CC1O[C@H](CO)[C@@H](O)[C@H](O)[C@H]1NCC(=O)NCC(=O)NCC(=O)O[C@@H]1[C@@]2(C(C)C)C[C@H]2[C@@H]2O[C@@]23[C@@]2(C)CCC4=C(COC4=O)C2CO[C@]13C. The molecule has 15 heteroatoms. The number of hydrogen-bond acceptors (Lipinski definition) is 13. The Morgan fingerprint density at radius 2 is 1.78 bits per heavy atom. The molecule has 0 aromatic rings. The fourth-order valence-electron chi connectivity index (χ4n) is 10.4. The van der Waals surface area contributed by atoms with Crippen LogP contribution in [0.5, 0.6) is 0 Å². The van der Waals surface area contributed by atoms with Crippen molar-refractivity contribution in [3.05, 3.63) is 11.1 Å². The van der Waals surface area contributed by atoms with E-state index in [4.69, 9.17) is 23.7 Å². The standard InChI is InChI=1S/C34H49N3O12/c1-15(2)33-8-19(33)28-34(49-28)31(4)7-6-17-18(13-45-29(17)44)20(31)14-46-32(34,5)30(33)48-24(41)11-36-22(39)9-35-23(40)10-37-25-16(3)47-21(12-38)26(42)27(25)43/h15-16,19-21,25-28,30,37-38,42-43H,6-14H2,1-5H3,(H,35,40)(H,36,39)/t16?,19-,20?,21+,25-,26+,27+,28-,30-,31-,32+,33+,34+/m0/s1. The zero-order valence-electron chi connectivity index (χ0n) is 28.7. The second-order valence-electron chi connectivity index (χ2n) is 15.7. The van der Waals surface area contributed by atoms with Gasteiger partial charge in [0.25, 0.3) is 0 Å². The van der Waals surface area contributed by atoms with Crippen molar-refractivity contribution in [2.75, 3.05) is 39.5 Å². The van der Waals surface area contributed by atoms with Crippen LogP contribution in [0, 0.1) is 28.6 Å². The lowest BCUT2D eigenvalue weighted by Gasteiger charge is -2.61. The van der Waals surface area contributed by atoms with Crippen molar-refractivity contribution in [3.63, 3.8) is 0 Å². The number of epoxide rings is 1. The Bertz CT molecular complexity index is 1450. The molecule has 7 aliphatic rings. The third-order valence-electron chi connectivity index (χ3n) is 13.2. The van der Waals surface area contributed by atoms with Crippen LogP contribution in [0.4, 0.5) is 0 Å². The number of carbonyl (C=O) groups excluding carboxylic acids is 4. The molecule has 2 amide bonds. The van der Waals surface area contributed by atoms with Crippen LogP contribution in [0.3, 0.4) is 0 Å². The van der Waals surface area contributed by atoms with Crippen molar-refractivity contribution in [3.8, 4) is 0 Å². The minimum absolute atomic E-state index is 0.0400. The maximum absolute atomic E-state index is 13.4. The molecule has 0 bridgehead atoms. The van der Waals surface area contributed by atoms with Gasteiger partial charge in [0.05, 0.1) is 44.6 Å². The first-order valence-corrected chi connectivity index (χ1v) is 17.5. The van der Waals surface area contributed by atoms with Crippen LogP contribution >= 0.6 is 0 Å². The van der Waals surface area contributed by atoms with Crippen LogP contribution in [0.25, 0.3) is 0 Å². The van der Waals surface area contributed by atoms with E-state index >= 15 is 0 Å². The molecule has 2 unspecified atom stereocenters. The Balaban J connectivity index is 0.959. The number of aliphatic hydroxyl groups is 3. The Morgan fingerprint density at radius 3 is 2.49 bits per heavy atom. The highest BCUT2D eigenvalue weighted by Gasteiger charge is 2.93. The van der Waals surface area contributed by atoms with E-state index < -0.39 is 85.2 Å². The van der Waals surface area contributed by atoms with Gasteiger partial charge in [-0.2, -0.15) is 0 Å². The van der Waals surface area contributed by atoms with Gasteiger partial charge >= 0.3 is 11.9 Å². The number of ether oxygens (including phenoxy) is 5. The predicted octanol–water partition coefficient (Wildman–Crippen LogP) is -1.54. The Morgan fingerprint density at radius 1 is 1.06 bits per heavy atom. The molecule has 0 aromatic carbocycles. The minimum atomic E-state index is -1.33. The van der Waals surface area contributed by atoms with Gasteiger partial charge in [0.1, 0.15) is 48.8 Å². The number of hydrogen-bond donors (Lipinski definition) is 6. The first-order valence-electron chi connectivity index (χ1n) is 17.5. The number of cyclic esters (lactones) is 1. The highest BCUT2D eigenvalue weighted by atomic mass is 16.7. The highest BCUT2D eigenvalue weighted by molar-refractivity contribution is 5.92. The molecule has 0 aromatic heterocycles. The van der Waals surface area contributed by atoms with Gasteiger partial charge in [-0.1, -0.05) is 20.8 Å². The van der Waals surface area contributed by atoms with Crippen molar-refractivity contribution in [1.82, 2.24) is 16.0 Å². The van der Waals surface area contributed by atoms with E-state index in [1.54, 1.807) is 6.92 Å². The largest absolute Gasteiger partial charge is 0.458 e. The number of carbonyl (C=O) groups is 4. The maximum atomic E-state index is 13.4. The minimum Gasteiger partial charge on any atom is -0.458 e. The van der Waals surface area contributed by atoms with Crippen LogP contribution in [-0.4, -0.2) is 132 Å². The monoisotopic (exact) mass is 691 g/mol. The average molecular weight is 692 g/mol. The number of fused-ring (bicyclic) bond motifs is 4. The van der Waals surface area contributed by atoms with E-state index in [2.05, 4.69) is 36.7 Å². The molecule has 272 valence electrons. The van der Waals surface area contributed by atoms with Crippen LogP contribution in [0.15, 0.2) is 11.1 Å². The summed E-state index contributed by atoms with van der Waals surface area (Å²) in [4.78, 5) is 50.9. The average Bonchev–Trinajstić information content (AvgIpc) is 3.96. The zero-order valence-corrected chi connectivity index (χ0v) is 28.7. The van der Waals surface area contributed by atoms with Gasteiger partial charge < -0.3 is 55.0 Å². The lowest BCUT2D eigenvalue weighted by molar-refractivity contribution is -0.265. The quantitative estimate of drug-likeness (QED) is 0.113. The summed E-state index contributed by atoms with van der Waals surface area (Å²) in [7, 11) is 0. The Hall–Kier alpha value is -2.66. The summed E-state index contributed by atoms with van der Waals surface area (Å²) >= 11 is 0. The molecule has 4 aliphatic heterocycles. The number of esters is 2. The van der Waals surface area contributed by atoms with E-state index in [0.29, 0.717) is 13.0 Å². The first-order chi connectivity index (χ1) is 23.2. The van der Waals surface area contributed by atoms with Gasteiger partial charge in [-0.15, -0.1) is 0 Å². The fourth-order valence-corrected chi connectivity index (χ4v) is 10.4. The van der Waals surface area contributed by atoms with Gasteiger partial charge in [0.2, 0.25) is 11.8 Å². The first kappa shape index (κ1) is 34.8. The summed E-state index contributed by atoms with van der Waals surface area (Å²) in [6.07, 6.45) is -2.61. The molecule has 4 heterocycles.